The van der Waals surface area contributed by atoms with Crippen molar-refractivity contribution in [1.82, 2.24) is 10.2 Å². The Kier molecular flexibility index (Phi) is 5.87. The minimum absolute atomic E-state index is 0.00271. The predicted molar refractivity (Wildman–Crippen MR) is 108 cm³/mol. The zero-order chi connectivity index (χ0) is 19.2. The molecule has 0 heterocycles. The van der Waals surface area contributed by atoms with Crippen LogP contribution in [0.2, 0.25) is 0 Å². The zero-order valence-electron chi connectivity index (χ0n) is 15.7. The largest absolute Gasteiger partial charge is 0.347 e. The van der Waals surface area contributed by atoms with Crippen molar-refractivity contribution in [3.8, 4) is 0 Å². The molecule has 0 aliphatic heterocycles. The van der Waals surface area contributed by atoms with E-state index in [0.29, 0.717) is 0 Å². The summed E-state index contributed by atoms with van der Waals surface area (Å²) in [6.45, 7) is 1.97. The SMILES string of the molecule is CC(c1ccccc1)N(C)C(=O)CNC(=O)Cc1cccc2ccccc12. The minimum atomic E-state index is -0.152. The van der Waals surface area contributed by atoms with E-state index in [1.54, 1.807) is 11.9 Å². The fourth-order valence-electron chi connectivity index (χ4n) is 3.15. The van der Waals surface area contributed by atoms with Crippen LogP contribution in [-0.2, 0) is 16.0 Å². The van der Waals surface area contributed by atoms with Crippen molar-refractivity contribution >= 4 is 22.6 Å². The quantitative estimate of drug-likeness (QED) is 0.728. The Morgan fingerprint density at radius 3 is 2.37 bits per heavy atom. The first-order chi connectivity index (χ1) is 13.1. The molecule has 0 aliphatic rings. The summed E-state index contributed by atoms with van der Waals surface area (Å²) in [4.78, 5) is 26.4. The van der Waals surface area contributed by atoms with Gasteiger partial charge in [0.05, 0.1) is 19.0 Å². The highest BCUT2D eigenvalue weighted by Crippen LogP contribution is 2.19. The Bertz CT molecular complexity index is 932. The summed E-state index contributed by atoms with van der Waals surface area (Å²) in [6.07, 6.45) is 0.257. The molecule has 3 aromatic carbocycles. The van der Waals surface area contributed by atoms with Crippen LogP contribution in [0, 0.1) is 0 Å². The van der Waals surface area contributed by atoms with Gasteiger partial charge in [0.15, 0.2) is 0 Å². The molecule has 0 fully saturated rings. The van der Waals surface area contributed by atoms with Crippen LogP contribution in [0.4, 0.5) is 0 Å². The van der Waals surface area contributed by atoms with Crippen molar-refractivity contribution in [3.63, 3.8) is 0 Å². The molecule has 1 atom stereocenters. The maximum absolute atomic E-state index is 12.4. The highest BCUT2D eigenvalue weighted by atomic mass is 16.2. The van der Waals surface area contributed by atoms with Crippen LogP contribution in [-0.4, -0.2) is 30.3 Å². The lowest BCUT2D eigenvalue weighted by Crippen LogP contribution is -2.39. The maximum Gasteiger partial charge on any atom is 0.242 e. The molecule has 4 nitrogen and oxygen atoms in total. The van der Waals surface area contributed by atoms with E-state index in [-0.39, 0.29) is 30.8 Å². The van der Waals surface area contributed by atoms with Gasteiger partial charge >= 0.3 is 0 Å². The fraction of sp³-hybridized carbons (Fsp3) is 0.217. The normalized spacial score (nSPS) is 11.8. The van der Waals surface area contributed by atoms with Crippen molar-refractivity contribution in [3.05, 3.63) is 83.9 Å². The summed E-state index contributed by atoms with van der Waals surface area (Å²) in [6, 6.07) is 23.7. The molecular weight excluding hydrogens is 336 g/mol. The van der Waals surface area contributed by atoms with E-state index < -0.39 is 0 Å². The molecule has 4 heteroatoms. The Hall–Kier alpha value is -3.14. The van der Waals surface area contributed by atoms with Crippen molar-refractivity contribution in [2.75, 3.05) is 13.6 Å². The second-order valence-electron chi connectivity index (χ2n) is 6.68. The third kappa shape index (κ3) is 4.53. The standard InChI is InChI=1S/C23H24N2O2/c1-17(18-9-4-3-5-10-18)25(2)23(27)16-24-22(26)15-20-13-8-12-19-11-6-7-14-21(19)20/h3-14,17H,15-16H2,1-2H3,(H,24,26). The molecule has 0 aromatic heterocycles. The lowest BCUT2D eigenvalue weighted by molar-refractivity contribution is -0.133. The third-order valence-corrected chi connectivity index (χ3v) is 4.92. The van der Waals surface area contributed by atoms with Crippen LogP contribution in [0.15, 0.2) is 72.8 Å². The molecule has 0 aliphatic carbocycles. The molecule has 1 unspecified atom stereocenters. The molecule has 3 aromatic rings. The van der Waals surface area contributed by atoms with E-state index in [1.807, 2.05) is 79.7 Å². The number of nitrogens with one attached hydrogen (secondary N) is 1. The number of carbonyl (C=O) groups excluding carboxylic acids is 2. The average Bonchev–Trinajstić information content (AvgIpc) is 2.72. The first kappa shape index (κ1) is 18.6. The molecule has 0 radical (unpaired) electrons. The van der Waals surface area contributed by atoms with Crippen LogP contribution in [0.5, 0.6) is 0 Å². The smallest absolute Gasteiger partial charge is 0.242 e. The van der Waals surface area contributed by atoms with Gasteiger partial charge in [-0.25, -0.2) is 0 Å². The Labute approximate surface area is 159 Å². The summed E-state index contributed by atoms with van der Waals surface area (Å²) in [7, 11) is 1.76. The molecule has 0 spiro atoms. The lowest BCUT2D eigenvalue weighted by Gasteiger charge is -2.25. The van der Waals surface area contributed by atoms with E-state index >= 15 is 0 Å². The highest BCUT2D eigenvalue weighted by Gasteiger charge is 2.18. The zero-order valence-corrected chi connectivity index (χ0v) is 15.7. The van der Waals surface area contributed by atoms with E-state index in [0.717, 1.165) is 21.9 Å². The van der Waals surface area contributed by atoms with Gasteiger partial charge in [-0.1, -0.05) is 72.8 Å². The highest BCUT2D eigenvalue weighted by molar-refractivity contribution is 5.91. The number of benzene rings is 3. The van der Waals surface area contributed by atoms with Crippen LogP contribution in [0.1, 0.15) is 24.1 Å². The average molecular weight is 360 g/mol. The molecular formula is C23H24N2O2. The summed E-state index contributed by atoms with van der Waals surface area (Å²) >= 11 is 0. The van der Waals surface area contributed by atoms with Gasteiger partial charge in [-0.2, -0.15) is 0 Å². The van der Waals surface area contributed by atoms with Crippen molar-refractivity contribution < 1.29 is 9.59 Å². The van der Waals surface area contributed by atoms with Gasteiger partial charge in [-0.05, 0) is 28.8 Å². The summed E-state index contributed by atoms with van der Waals surface area (Å²) in [5, 5.41) is 4.93. The van der Waals surface area contributed by atoms with E-state index in [9.17, 15) is 9.59 Å². The first-order valence-electron chi connectivity index (χ1n) is 9.10. The number of rotatable bonds is 6. The Morgan fingerprint density at radius 2 is 1.59 bits per heavy atom. The van der Waals surface area contributed by atoms with Crippen molar-refractivity contribution in [1.29, 1.82) is 0 Å². The van der Waals surface area contributed by atoms with Gasteiger partial charge in [-0.15, -0.1) is 0 Å². The lowest BCUT2D eigenvalue weighted by atomic mass is 10.0. The van der Waals surface area contributed by atoms with Crippen LogP contribution >= 0.6 is 0 Å². The number of hydrogen-bond donors (Lipinski definition) is 1. The molecule has 3 rings (SSSR count). The topological polar surface area (TPSA) is 49.4 Å². The Morgan fingerprint density at radius 1 is 0.926 bits per heavy atom. The van der Waals surface area contributed by atoms with Crippen LogP contribution < -0.4 is 5.32 Å². The molecule has 0 saturated heterocycles. The number of fused-ring (bicyclic) bond motifs is 1. The fourth-order valence-corrected chi connectivity index (χ4v) is 3.15. The van der Waals surface area contributed by atoms with Crippen LogP contribution in [0.25, 0.3) is 10.8 Å². The number of hydrogen-bond acceptors (Lipinski definition) is 2. The van der Waals surface area contributed by atoms with Gasteiger partial charge in [0.25, 0.3) is 0 Å². The number of amides is 2. The molecule has 0 saturated carbocycles. The minimum Gasteiger partial charge on any atom is -0.347 e. The van der Waals surface area contributed by atoms with Gasteiger partial charge < -0.3 is 10.2 Å². The van der Waals surface area contributed by atoms with Crippen LogP contribution in [0.3, 0.4) is 0 Å². The summed E-state index contributed by atoms with van der Waals surface area (Å²) in [5.74, 6) is -0.266. The second-order valence-corrected chi connectivity index (χ2v) is 6.68. The molecule has 138 valence electrons. The Balaban J connectivity index is 1.57. The van der Waals surface area contributed by atoms with E-state index in [1.165, 1.54) is 0 Å². The van der Waals surface area contributed by atoms with E-state index in [2.05, 4.69) is 5.32 Å². The van der Waals surface area contributed by atoms with E-state index in [4.69, 9.17) is 0 Å². The molecule has 0 bridgehead atoms. The number of likely N-dealkylation sites (N-methyl/N-ethyl adjacent to an activating group) is 1. The van der Waals surface area contributed by atoms with Gasteiger partial charge in [0, 0.05) is 7.05 Å². The van der Waals surface area contributed by atoms with Crippen molar-refractivity contribution in [2.45, 2.75) is 19.4 Å². The summed E-state index contributed by atoms with van der Waals surface area (Å²) in [5.41, 5.74) is 2.03. The van der Waals surface area contributed by atoms with Gasteiger partial charge in [0.1, 0.15) is 0 Å². The second kappa shape index (κ2) is 8.49. The third-order valence-electron chi connectivity index (χ3n) is 4.92. The monoisotopic (exact) mass is 360 g/mol. The summed E-state index contributed by atoms with van der Waals surface area (Å²) < 4.78 is 0. The number of nitrogens with zero attached hydrogens (tertiary/aromatic N) is 1. The maximum atomic E-state index is 12.4. The van der Waals surface area contributed by atoms with Crippen molar-refractivity contribution in [2.24, 2.45) is 0 Å². The molecule has 1 N–H and O–H groups in total. The number of carbonyl (C=O) groups is 2. The first-order valence-corrected chi connectivity index (χ1v) is 9.10. The predicted octanol–water partition coefficient (Wildman–Crippen LogP) is 3.72. The molecule has 2 amide bonds. The van der Waals surface area contributed by atoms with Gasteiger partial charge in [0.2, 0.25) is 11.8 Å². The van der Waals surface area contributed by atoms with Gasteiger partial charge in [-0.3, -0.25) is 9.59 Å². The molecule has 27 heavy (non-hydrogen) atoms.